The molecule has 2 rings (SSSR count). The highest BCUT2D eigenvalue weighted by Crippen LogP contribution is 2.19. The van der Waals surface area contributed by atoms with Crippen LogP contribution in [0.4, 0.5) is 0 Å². The lowest BCUT2D eigenvalue weighted by molar-refractivity contribution is -0.133. The zero-order valence-electron chi connectivity index (χ0n) is 7.86. The quantitative estimate of drug-likeness (QED) is 0.589. The third-order valence-corrected chi connectivity index (χ3v) is 2.19. The summed E-state index contributed by atoms with van der Waals surface area (Å²) in [4.78, 5) is 22.5. The van der Waals surface area contributed by atoms with Gasteiger partial charge in [-0.2, -0.15) is 0 Å². The van der Waals surface area contributed by atoms with E-state index in [1.54, 1.807) is 12.1 Å². The molecular weight excluding hydrogens is 196 g/mol. The minimum atomic E-state index is -0.710. The molecule has 0 spiro atoms. The summed E-state index contributed by atoms with van der Waals surface area (Å²) in [5, 5.41) is 14.3. The summed E-state index contributed by atoms with van der Waals surface area (Å²) in [7, 11) is 0. The molecular formula is C10H10N2O3. The van der Waals surface area contributed by atoms with Crippen LogP contribution in [0, 0.1) is 0 Å². The van der Waals surface area contributed by atoms with Crippen molar-refractivity contribution in [1.82, 2.24) is 10.6 Å². The lowest BCUT2D eigenvalue weighted by atomic mass is 10.0. The largest absolute Gasteiger partial charge is 0.508 e. The Labute approximate surface area is 86.1 Å². The van der Waals surface area contributed by atoms with Gasteiger partial charge < -0.3 is 15.7 Å². The lowest BCUT2D eigenvalue weighted by Crippen LogP contribution is -2.50. The first kappa shape index (κ1) is 9.51. The van der Waals surface area contributed by atoms with E-state index in [4.69, 9.17) is 0 Å². The molecule has 1 atom stereocenters. The standard InChI is InChI=1S/C10H10N2O3/c13-7-3-1-2-6(4-7)9-10(15)11-5-8(14)12-9/h1-4,9,13H,5H2,(H,11,15)(H,12,14). The van der Waals surface area contributed by atoms with Crippen LogP contribution in [0.2, 0.25) is 0 Å². The molecule has 1 aliphatic heterocycles. The average molecular weight is 206 g/mol. The first-order valence-electron chi connectivity index (χ1n) is 4.53. The molecule has 0 aromatic heterocycles. The fourth-order valence-corrected chi connectivity index (χ4v) is 1.49. The summed E-state index contributed by atoms with van der Waals surface area (Å²) in [6.07, 6.45) is 0. The highest BCUT2D eigenvalue weighted by atomic mass is 16.3. The average Bonchev–Trinajstić information content (AvgIpc) is 2.22. The number of rotatable bonds is 1. The Kier molecular flexibility index (Phi) is 2.29. The van der Waals surface area contributed by atoms with E-state index in [9.17, 15) is 14.7 Å². The number of nitrogens with one attached hydrogen (secondary N) is 2. The second kappa shape index (κ2) is 3.61. The van der Waals surface area contributed by atoms with E-state index >= 15 is 0 Å². The normalized spacial score (nSPS) is 20.7. The maximum Gasteiger partial charge on any atom is 0.247 e. The number of hydrogen-bond acceptors (Lipinski definition) is 3. The molecule has 78 valence electrons. The third-order valence-electron chi connectivity index (χ3n) is 2.19. The monoisotopic (exact) mass is 206 g/mol. The minimum Gasteiger partial charge on any atom is -0.508 e. The van der Waals surface area contributed by atoms with Gasteiger partial charge in [-0.15, -0.1) is 0 Å². The molecule has 1 saturated heterocycles. The zero-order chi connectivity index (χ0) is 10.8. The van der Waals surface area contributed by atoms with Gasteiger partial charge in [0.15, 0.2) is 0 Å². The van der Waals surface area contributed by atoms with Crippen LogP contribution in [-0.4, -0.2) is 23.5 Å². The number of aromatic hydroxyl groups is 1. The fourth-order valence-electron chi connectivity index (χ4n) is 1.49. The molecule has 1 unspecified atom stereocenters. The van der Waals surface area contributed by atoms with Gasteiger partial charge in [0.1, 0.15) is 11.8 Å². The fraction of sp³-hybridized carbons (Fsp3) is 0.200. The second-order valence-electron chi connectivity index (χ2n) is 3.31. The summed E-state index contributed by atoms with van der Waals surface area (Å²) in [6.45, 7) is 0.00808. The predicted octanol–water partition coefficient (Wildman–Crippen LogP) is -0.321. The van der Waals surface area contributed by atoms with Crippen LogP contribution < -0.4 is 10.6 Å². The topological polar surface area (TPSA) is 78.4 Å². The van der Waals surface area contributed by atoms with E-state index < -0.39 is 6.04 Å². The maximum atomic E-state index is 11.4. The van der Waals surface area contributed by atoms with Gasteiger partial charge in [0, 0.05) is 0 Å². The SMILES string of the molecule is O=C1CNC(=O)C(c2cccc(O)c2)N1. The molecule has 1 aromatic rings. The summed E-state index contributed by atoms with van der Waals surface area (Å²) >= 11 is 0. The highest BCUT2D eigenvalue weighted by molar-refractivity contribution is 5.95. The van der Waals surface area contributed by atoms with Crippen molar-refractivity contribution in [3.05, 3.63) is 29.8 Å². The van der Waals surface area contributed by atoms with Crippen molar-refractivity contribution in [2.75, 3.05) is 6.54 Å². The van der Waals surface area contributed by atoms with E-state index in [1.807, 2.05) is 0 Å². The number of carbonyl (C=O) groups excluding carboxylic acids is 2. The zero-order valence-corrected chi connectivity index (χ0v) is 7.86. The molecule has 5 heteroatoms. The van der Waals surface area contributed by atoms with Gasteiger partial charge in [-0.05, 0) is 17.7 Å². The van der Waals surface area contributed by atoms with Crippen molar-refractivity contribution in [2.45, 2.75) is 6.04 Å². The number of phenols is 1. The molecule has 0 radical (unpaired) electrons. The summed E-state index contributed by atoms with van der Waals surface area (Å²) < 4.78 is 0. The van der Waals surface area contributed by atoms with Crippen molar-refractivity contribution in [3.63, 3.8) is 0 Å². The van der Waals surface area contributed by atoms with Crippen molar-refractivity contribution in [2.24, 2.45) is 0 Å². The Hall–Kier alpha value is -2.04. The third kappa shape index (κ3) is 1.90. The molecule has 0 saturated carbocycles. The van der Waals surface area contributed by atoms with Crippen molar-refractivity contribution >= 4 is 11.8 Å². The van der Waals surface area contributed by atoms with Gasteiger partial charge in [0.2, 0.25) is 11.8 Å². The number of carbonyl (C=O) groups is 2. The maximum absolute atomic E-state index is 11.4. The van der Waals surface area contributed by atoms with Crippen LogP contribution in [0.25, 0.3) is 0 Å². The Morgan fingerprint density at radius 2 is 2.13 bits per heavy atom. The predicted molar refractivity (Wildman–Crippen MR) is 52.0 cm³/mol. The first-order chi connectivity index (χ1) is 7.16. The van der Waals surface area contributed by atoms with E-state index in [2.05, 4.69) is 10.6 Å². The van der Waals surface area contributed by atoms with Gasteiger partial charge in [0.05, 0.1) is 6.54 Å². The first-order valence-corrected chi connectivity index (χ1v) is 4.53. The minimum absolute atomic E-state index is 0.00808. The van der Waals surface area contributed by atoms with E-state index in [-0.39, 0.29) is 24.1 Å². The van der Waals surface area contributed by atoms with Crippen molar-refractivity contribution in [1.29, 1.82) is 0 Å². The highest BCUT2D eigenvalue weighted by Gasteiger charge is 2.27. The molecule has 1 fully saturated rings. The molecule has 5 nitrogen and oxygen atoms in total. The number of hydrogen-bond donors (Lipinski definition) is 3. The Morgan fingerprint density at radius 1 is 1.33 bits per heavy atom. The van der Waals surface area contributed by atoms with Crippen LogP contribution in [-0.2, 0) is 9.59 Å². The van der Waals surface area contributed by atoms with Gasteiger partial charge in [-0.1, -0.05) is 12.1 Å². The summed E-state index contributed by atoms with van der Waals surface area (Å²) in [5.74, 6) is -0.428. The molecule has 1 aliphatic rings. The molecule has 1 heterocycles. The number of amides is 2. The van der Waals surface area contributed by atoms with Gasteiger partial charge in [0.25, 0.3) is 0 Å². The van der Waals surface area contributed by atoms with Crippen LogP contribution in [0.5, 0.6) is 5.75 Å². The van der Waals surface area contributed by atoms with Crippen molar-refractivity contribution in [3.8, 4) is 5.75 Å². The lowest BCUT2D eigenvalue weighted by Gasteiger charge is -2.23. The molecule has 0 aliphatic carbocycles. The number of benzene rings is 1. The van der Waals surface area contributed by atoms with Crippen LogP contribution in [0.3, 0.4) is 0 Å². The van der Waals surface area contributed by atoms with Gasteiger partial charge >= 0.3 is 0 Å². The molecule has 2 amide bonds. The molecule has 15 heavy (non-hydrogen) atoms. The second-order valence-corrected chi connectivity index (χ2v) is 3.31. The van der Waals surface area contributed by atoms with E-state index in [0.29, 0.717) is 5.56 Å². The van der Waals surface area contributed by atoms with Crippen molar-refractivity contribution < 1.29 is 14.7 Å². The Bertz CT molecular complexity index is 417. The summed E-state index contributed by atoms with van der Waals surface area (Å²) in [5.41, 5.74) is 0.570. The molecule has 0 bridgehead atoms. The van der Waals surface area contributed by atoms with Crippen LogP contribution in [0.15, 0.2) is 24.3 Å². The molecule has 3 N–H and O–H groups in total. The smallest absolute Gasteiger partial charge is 0.247 e. The summed E-state index contributed by atoms with van der Waals surface area (Å²) in [6, 6.07) is 5.55. The number of phenolic OH excluding ortho intramolecular Hbond substituents is 1. The Morgan fingerprint density at radius 3 is 2.87 bits per heavy atom. The van der Waals surface area contributed by atoms with E-state index in [0.717, 1.165) is 0 Å². The number of piperazine rings is 1. The molecule has 1 aromatic carbocycles. The van der Waals surface area contributed by atoms with Crippen LogP contribution in [0.1, 0.15) is 11.6 Å². The Balaban J connectivity index is 2.28. The van der Waals surface area contributed by atoms with E-state index in [1.165, 1.54) is 12.1 Å². The van der Waals surface area contributed by atoms with Gasteiger partial charge in [-0.25, -0.2) is 0 Å². The van der Waals surface area contributed by atoms with Crippen LogP contribution >= 0.6 is 0 Å². The van der Waals surface area contributed by atoms with Gasteiger partial charge in [-0.3, -0.25) is 9.59 Å².